The first-order valence-electron chi connectivity index (χ1n) is 4.77. The van der Waals surface area contributed by atoms with Crippen LogP contribution in [0.1, 0.15) is 16.5 Å². The molecule has 0 radical (unpaired) electrons. The molecule has 0 bridgehead atoms. The molecule has 2 rings (SSSR count). The van der Waals surface area contributed by atoms with Crippen molar-refractivity contribution in [3.63, 3.8) is 0 Å². The monoisotopic (exact) mass is 378 g/mol. The van der Waals surface area contributed by atoms with Crippen LogP contribution in [-0.4, -0.2) is 0 Å². The van der Waals surface area contributed by atoms with Crippen LogP contribution in [0.5, 0.6) is 0 Å². The second-order valence-electron chi connectivity index (χ2n) is 3.44. The van der Waals surface area contributed by atoms with E-state index in [-0.39, 0.29) is 11.9 Å². The van der Waals surface area contributed by atoms with E-state index in [1.165, 1.54) is 12.1 Å². The lowest BCUT2D eigenvalue weighted by atomic mass is 10.1. The van der Waals surface area contributed by atoms with Crippen LogP contribution in [0.2, 0.25) is 0 Å². The van der Waals surface area contributed by atoms with Gasteiger partial charge in [0.15, 0.2) is 0 Å². The fraction of sp³-hybridized carbons (Fsp3) is 0.0909. The van der Waals surface area contributed by atoms with Gasteiger partial charge >= 0.3 is 0 Å². The van der Waals surface area contributed by atoms with E-state index < -0.39 is 0 Å². The molecule has 90 valence electrons. The molecule has 0 aliphatic rings. The fourth-order valence-electron chi connectivity index (χ4n) is 1.58. The zero-order valence-electron chi connectivity index (χ0n) is 8.58. The van der Waals surface area contributed by atoms with Crippen LogP contribution in [0.25, 0.3) is 0 Å². The molecule has 1 aromatic heterocycles. The van der Waals surface area contributed by atoms with Crippen LogP contribution < -0.4 is 11.3 Å². The molecule has 0 saturated heterocycles. The third-order valence-corrected chi connectivity index (χ3v) is 4.69. The van der Waals surface area contributed by atoms with E-state index in [1.807, 2.05) is 17.5 Å². The van der Waals surface area contributed by atoms with Gasteiger partial charge < -0.3 is 0 Å². The first-order chi connectivity index (χ1) is 8.11. The number of thiophene rings is 1. The van der Waals surface area contributed by atoms with Crippen LogP contribution in [0.15, 0.2) is 38.6 Å². The maximum atomic E-state index is 13.4. The number of nitrogens with one attached hydrogen (secondary N) is 1. The van der Waals surface area contributed by atoms with Crippen LogP contribution in [0, 0.1) is 5.82 Å². The van der Waals surface area contributed by atoms with Crippen molar-refractivity contribution in [2.24, 2.45) is 5.84 Å². The number of hydrogen-bond acceptors (Lipinski definition) is 3. The molecule has 0 aliphatic carbocycles. The van der Waals surface area contributed by atoms with Crippen molar-refractivity contribution in [2.45, 2.75) is 6.04 Å². The molecule has 0 spiro atoms. The summed E-state index contributed by atoms with van der Waals surface area (Å²) >= 11 is 8.29. The number of benzene rings is 1. The van der Waals surface area contributed by atoms with Gasteiger partial charge in [-0.05, 0) is 51.1 Å². The summed E-state index contributed by atoms with van der Waals surface area (Å²) in [6.07, 6.45) is 0. The van der Waals surface area contributed by atoms with E-state index in [0.29, 0.717) is 4.47 Å². The highest BCUT2D eigenvalue weighted by molar-refractivity contribution is 9.10. The quantitative estimate of drug-likeness (QED) is 0.625. The van der Waals surface area contributed by atoms with Crippen LogP contribution >= 0.6 is 43.2 Å². The van der Waals surface area contributed by atoms with Crippen molar-refractivity contribution in [3.05, 3.63) is 54.8 Å². The van der Waals surface area contributed by atoms with E-state index in [4.69, 9.17) is 5.84 Å². The summed E-state index contributed by atoms with van der Waals surface area (Å²) in [4.78, 5) is 1.02. The molecule has 0 aliphatic heterocycles. The predicted molar refractivity (Wildman–Crippen MR) is 75.3 cm³/mol. The summed E-state index contributed by atoms with van der Waals surface area (Å²) < 4.78 is 15.0. The Balaban J connectivity index is 2.45. The minimum atomic E-state index is -0.290. The summed E-state index contributed by atoms with van der Waals surface area (Å²) in [6.45, 7) is 0. The van der Waals surface area contributed by atoms with E-state index in [9.17, 15) is 4.39 Å². The molecule has 0 saturated carbocycles. The maximum Gasteiger partial charge on any atom is 0.124 e. The number of rotatable bonds is 3. The predicted octanol–water partition coefficient (Wildman–Crippen LogP) is 3.96. The molecular weight excluding hydrogens is 371 g/mol. The molecular formula is C11H9Br2FN2S. The Labute approximate surface area is 119 Å². The van der Waals surface area contributed by atoms with Crippen molar-refractivity contribution in [2.75, 3.05) is 0 Å². The lowest BCUT2D eigenvalue weighted by molar-refractivity contribution is 0.607. The maximum absolute atomic E-state index is 13.4. The minimum Gasteiger partial charge on any atom is -0.271 e. The Morgan fingerprint density at radius 3 is 2.59 bits per heavy atom. The summed E-state index contributed by atoms with van der Waals surface area (Å²) in [6, 6.07) is 6.46. The first kappa shape index (κ1) is 13.2. The average molecular weight is 380 g/mol. The Morgan fingerprint density at radius 1 is 1.29 bits per heavy atom. The summed E-state index contributed by atoms with van der Waals surface area (Å²) in [5, 5.41) is 1.96. The van der Waals surface area contributed by atoms with Crippen LogP contribution in [0.4, 0.5) is 4.39 Å². The minimum absolute atomic E-state index is 0.226. The molecule has 3 N–H and O–H groups in total. The Hall–Kier alpha value is -0.270. The van der Waals surface area contributed by atoms with Gasteiger partial charge in [-0.15, -0.1) is 11.3 Å². The van der Waals surface area contributed by atoms with Gasteiger partial charge in [0, 0.05) is 13.8 Å². The Morgan fingerprint density at radius 2 is 2.06 bits per heavy atom. The van der Waals surface area contributed by atoms with Gasteiger partial charge in [-0.1, -0.05) is 15.9 Å². The zero-order valence-corrected chi connectivity index (χ0v) is 12.6. The number of halogens is 3. The third-order valence-electron chi connectivity index (χ3n) is 2.29. The molecule has 1 heterocycles. The highest BCUT2D eigenvalue weighted by Crippen LogP contribution is 2.33. The molecule has 0 amide bonds. The second kappa shape index (κ2) is 5.58. The zero-order chi connectivity index (χ0) is 12.4. The van der Waals surface area contributed by atoms with E-state index in [2.05, 4.69) is 37.3 Å². The van der Waals surface area contributed by atoms with E-state index in [1.54, 1.807) is 11.3 Å². The second-order valence-corrected chi connectivity index (χ2v) is 6.15. The summed E-state index contributed by atoms with van der Waals surface area (Å²) in [5.41, 5.74) is 3.49. The van der Waals surface area contributed by atoms with E-state index >= 15 is 0 Å². The standard InChI is InChI=1S/C11H9Br2FN2S/c12-7-3-6(4-8(14)5-7)10(16-15)11-9(13)1-2-17-11/h1-5,10,16H,15H2. The topological polar surface area (TPSA) is 38.0 Å². The molecule has 1 unspecified atom stereocenters. The van der Waals surface area contributed by atoms with Gasteiger partial charge in [0.2, 0.25) is 0 Å². The molecule has 0 fully saturated rings. The van der Waals surface area contributed by atoms with Crippen molar-refractivity contribution in [1.82, 2.24) is 5.43 Å². The van der Waals surface area contributed by atoms with Gasteiger partial charge in [-0.3, -0.25) is 5.84 Å². The Kier molecular flexibility index (Phi) is 4.32. The largest absolute Gasteiger partial charge is 0.271 e. The summed E-state index contributed by atoms with van der Waals surface area (Å²) in [7, 11) is 0. The van der Waals surface area contributed by atoms with Gasteiger partial charge in [0.25, 0.3) is 0 Å². The average Bonchev–Trinajstić information content (AvgIpc) is 2.65. The van der Waals surface area contributed by atoms with Gasteiger partial charge in [-0.2, -0.15) is 0 Å². The molecule has 1 atom stereocenters. The number of nitrogens with two attached hydrogens (primary N) is 1. The van der Waals surface area contributed by atoms with Crippen molar-refractivity contribution < 1.29 is 4.39 Å². The first-order valence-corrected chi connectivity index (χ1v) is 7.23. The lowest BCUT2D eigenvalue weighted by Gasteiger charge is -2.16. The SMILES string of the molecule is NNC(c1cc(F)cc(Br)c1)c1sccc1Br. The molecule has 2 nitrogen and oxygen atoms in total. The number of hydrazine groups is 1. The van der Waals surface area contributed by atoms with Crippen LogP contribution in [-0.2, 0) is 0 Å². The van der Waals surface area contributed by atoms with Crippen molar-refractivity contribution in [3.8, 4) is 0 Å². The van der Waals surface area contributed by atoms with Gasteiger partial charge in [-0.25, -0.2) is 9.82 Å². The van der Waals surface area contributed by atoms with Gasteiger partial charge in [0.1, 0.15) is 5.82 Å². The molecule has 2 aromatic rings. The normalized spacial score (nSPS) is 12.7. The Bertz CT molecular complexity index is 510. The third kappa shape index (κ3) is 2.95. The number of hydrogen-bond donors (Lipinski definition) is 2. The molecule has 1 aromatic carbocycles. The van der Waals surface area contributed by atoms with Crippen molar-refractivity contribution >= 4 is 43.2 Å². The summed E-state index contributed by atoms with van der Waals surface area (Å²) in [5.74, 6) is 5.27. The highest BCUT2D eigenvalue weighted by atomic mass is 79.9. The smallest absolute Gasteiger partial charge is 0.124 e. The van der Waals surface area contributed by atoms with Gasteiger partial charge in [0.05, 0.1) is 6.04 Å². The van der Waals surface area contributed by atoms with E-state index in [0.717, 1.165) is 14.9 Å². The fourth-order valence-corrected chi connectivity index (χ4v) is 3.75. The van der Waals surface area contributed by atoms with Crippen LogP contribution in [0.3, 0.4) is 0 Å². The van der Waals surface area contributed by atoms with Crippen molar-refractivity contribution in [1.29, 1.82) is 0 Å². The lowest BCUT2D eigenvalue weighted by Crippen LogP contribution is -2.28. The highest BCUT2D eigenvalue weighted by Gasteiger charge is 2.17. The molecule has 17 heavy (non-hydrogen) atoms. The molecule has 6 heteroatoms.